The molecule has 4 aliphatic rings. The summed E-state index contributed by atoms with van der Waals surface area (Å²) in [5, 5.41) is 7.12. The number of carbonyl (C=O) groups is 4. The summed E-state index contributed by atoms with van der Waals surface area (Å²) >= 11 is 0. The highest BCUT2D eigenvalue weighted by molar-refractivity contribution is 6.00. The molecule has 3 heterocycles. The summed E-state index contributed by atoms with van der Waals surface area (Å²) in [5.74, 6) is -2.14. The van der Waals surface area contributed by atoms with Crippen molar-refractivity contribution in [2.24, 2.45) is 17.6 Å². The molecule has 4 fully saturated rings. The average Bonchev–Trinajstić information content (AvgIpc) is 3.06. The summed E-state index contributed by atoms with van der Waals surface area (Å²) in [6.45, 7) is 11.1. The van der Waals surface area contributed by atoms with Crippen LogP contribution in [0.4, 0.5) is 18.0 Å². The number of carbonyl (C=O) groups excluding carboxylic acids is 3. The van der Waals surface area contributed by atoms with E-state index in [9.17, 15) is 27.6 Å². The van der Waals surface area contributed by atoms with Crippen LogP contribution in [0.15, 0.2) is 12.1 Å². The number of hydrogen-bond acceptors (Lipinski definition) is 6. The van der Waals surface area contributed by atoms with Gasteiger partial charge in [-0.05, 0) is 75.1 Å². The van der Waals surface area contributed by atoms with Crippen LogP contribution in [0.5, 0.6) is 0 Å². The maximum Gasteiger partial charge on any atom is 0.490 e. The third kappa shape index (κ3) is 9.67. The van der Waals surface area contributed by atoms with E-state index in [0.717, 1.165) is 82.5 Å². The molecule has 13 heteroatoms. The zero-order valence-corrected chi connectivity index (χ0v) is 29.2. The van der Waals surface area contributed by atoms with Crippen LogP contribution >= 0.6 is 0 Å². The summed E-state index contributed by atoms with van der Waals surface area (Å²) < 4.78 is 38.2. The number of piperidine rings is 2. The number of aliphatic carboxylic acids is 1. The number of benzene rings is 1. The Morgan fingerprint density at radius 2 is 1.55 bits per heavy atom. The summed E-state index contributed by atoms with van der Waals surface area (Å²) in [4.78, 5) is 53.9. The quantitative estimate of drug-likeness (QED) is 0.326. The molecule has 1 atom stereocenters. The first-order valence-corrected chi connectivity index (χ1v) is 17.9. The van der Waals surface area contributed by atoms with E-state index in [0.29, 0.717) is 29.0 Å². The minimum atomic E-state index is -5.08. The number of amides is 3. The lowest BCUT2D eigenvalue weighted by atomic mass is 9.75. The Bertz CT molecular complexity index is 1310. The van der Waals surface area contributed by atoms with Gasteiger partial charge in [-0.15, -0.1) is 0 Å². The molecule has 5 rings (SSSR count). The minimum Gasteiger partial charge on any atom is -0.475 e. The van der Waals surface area contributed by atoms with Gasteiger partial charge in [0.2, 0.25) is 5.91 Å². The smallest absolute Gasteiger partial charge is 0.475 e. The standard InChI is InChI=1S/C34H52N4O4.C2HF3O2/c1-4-5-11-28-23-38(22-26-9-7-6-8-10-26)33(41)42-34(28)14-18-36(19-15-34)29-12-16-37(17-13-29)32(40)30-24(2)20-27(31(35)39)21-25(30)3;3-2(4,5)1(6)7/h20-21,26,28-29H,4-19,22-23H2,1-3H3,(H2,35,39);(H,6,7). The van der Waals surface area contributed by atoms with E-state index in [-0.39, 0.29) is 17.6 Å². The number of hydrogen-bond donors (Lipinski definition) is 2. The lowest BCUT2D eigenvalue weighted by Crippen LogP contribution is -2.61. The number of likely N-dealkylation sites (tertiary alicyclic amines) is 2. The minimum absolute atomic E-state index is 0.0442. The van der Waals surface area contributed by atoms with Crippen LogP contribution in [0.1, 0.15) is 116 Å². The summed E-state index contributed by atoms with van der Waals surface area (Å²) in [6, 6.07) is 3.89. The molecule has 3 N–H and O–H groups in total. The van der Waals surface area contributed by atoms with E-state index >= 15 is 0 Å². The van der Waals surface area contributed by atoms with Crippen LogP contribution in [0, 0.1) is 25.7 Å². The van der Waals surface area contributed by atoms with Gasteiger partial charge in [-0.25, -0.2) is 9.59 Å². The predicted octanol–water partition coefficient (Wildman–Crippen LogP) is 6.31. The molecule has 1 unspecified atom stereocenters. The number of unbranched alkanes of at least 4 members (excludes halogenated alkanes) is 1. The fourth-order valence-corrected chi connectivity index (χ4v) is 8.28. The van der Waals surface area contributed by atoms with Gasteiger partial charge in [0.1, 0.15) is 5.60 Å². The molecule has 1 aromatic rings. The van der Waals surface area contributed by atoms with Crippen LogP contribution in [-0.4, -0.2) is 101 Å². The number of alkyl halides is 3. The number of primary amides is 1. The second-order valence-corrected chi connectivity index (χ2v) is 14.4. The summed E-state index contributed by atoms with van der Waals surface area (Å²) in [7, 11) is 0. The second-order valence-electron chi connectivity index (χ2n) is 14.4. The zero-order chi connectivity index (χ0) is 35.9. The van der Waals surface area contributed by atoms with E-state index in [1.807, 2.05) is 23.6 Å². The van der Waals surface area contributed by atoms with Crippen molar-refractivity contribution in [1.82, 2.24) is 14.7 Å². The first-order chi connectivity index (χ1) is 23.1. The van der Waals surface area contributed by atoms with E-state index in [4.69, 9.17) is 20.4 Å². The fourth-order valence-electron chi connectivity index (χ4n) is 8.28. The third-order valence-electron chi connectivity index (χ3n) is 11.0. The number of carboxylic acid groups (broad SMARTS) is 1. The number of nitrogens with zero attached hydrogens (tertiary/aromatic N) is 3. The first-order valence-electron chi connectivity index (χ1n) is 17.9. The average molecular weight is 695 g/mol. The number of halogens is 3. The molecule has 10 nitrogen and oxygen atoms in total. The largest absolute Gasteiger partial charge is 0.490 e. The number of aryl methyl sites for hydroxylation is 2. The normalized spacial score (nSPS) is 22.3. The maximum absolute atomic E-state index is 13.5. The Kier molecular flexibility index (Phi) is 13.0. The molecule has 3 saturated heterocycles. The number of ether oxygens (including phenoxy) is 1. The molecule has 274 valence electrons. The van der Waals surface area contributed by atoms with E-state index < -0.39 is 18.1 Å². The molecule has 1 aliphatic carbocycles. The van der Waals surface area contributed by atoms with Gasteiger partial charge in [0.15, 0.2) is 0 Å². The van der Waals surface area contributed by atoms with Crippen molar-refractivity contribution in [3.05, 3.63) is 34.4 Å². The molecule has 1 spiro atoms. The Balaban J connectivity index is 0.000000698. The van der Waals surface area contributed by atoms with Crippen molar-refractivity contribution in [3.63, 3.8) is 0 Å². The van der Waals surface area contributed by atoms with Gasteiger partial charge >= 0.3 is 18.2 Å². The van der Waals surface area contributed by atoms with E-state index in [2.05, 4.69) is 11.8 Å². The van der Waals surface area contributed by atoms with Crippen LogP contribution in [0.3, 0.4) is 0 Å². The molecule has 0 bridgehead atoms. The van der Waals surface area contributed by atoms with Gasteiger partial charge in [-0.3, -0.25) is 14.5 Å². The molecule has 1 saturated carbocycles. The SMILES string of the molecule is CCCCC1CN(CC2CCCCC2)C(=O)OC12CCN(C1CCN(C(=O)c3c(C)cc(C(N)=O)cc3C)CC1)CC2.O=C(O)C(F)(F)F. The van der Waals surface area contributed by atoms with Crippen LogP contribution < -0.4 is 5.73 Å². The van der Waals surface area contributed by atoms with Crippen molar-refractivity contribution in [1.29, 1.82) is 0 Å². The Morgan fingerprint density at radius 3 is 2.06 bits per heavy atom. The van der Waals surface area contributed by atoms with E-state index in [1.54, 1.807) is 12.1 Å². The predicted molar refractivity (Wildman–Crippen MR) is 178 cm³/mol. The molecule has 3 aliphatic heterocycles. The Morgan fingerprint density at radius 1 is 0.980 bits per heavy atom. The van der Waals surface area contributed by atoms with E-state index in [1.165, 1.54) is 44.9 Å². The maximum atomic E-state index is 13.5. The van der Waals surface area contributed by atoms with Gasteiger partial charge in [-0.1, -0.05) is 39.0 Å². The van der Waals surface area contributed by atoms with Crippen molar-refractivity contribution in [2.75, 3.05) is 39.3 Å². The summed E-state index contributed by atoms with van der Waals surface area (Å²) in [6.07, 6.45) is 8.45. The van der Waals surface area contributed by atoms with Gasteiger partial charge in [-0.2, -0.15) is 13.2 Å². The fraction of sp³-hybridized carbons (Fsp3) is 0.722. The van der Waals surface area contributed by atoms with Crippen LogP contribution in [0.2, 0.25) is 0 Å². The molecule has 0 aromatic heterocycles. The molecule has 49 heavy (non-hydrogen) atoms. The molecule has 3 amide bonds. The monoisotopic (exact) mass is 694 g/mol. The lowest BCUT2D eigenvalue weighted by Gasteiger charge is -2.52. The highest BCUT2D eigenvalue weighted by Gasteiger charge is 2.50. The van der Waals surface area contributed by atoms with Gasteiger partial charge in [0.05, 0.1) is 0 Å². The molecular formula is C36H53F3N4O6. The molecule has 1 aromatic carbocycles. The van der Waals surface area contributed by atoms with Crippen LogP contribution in [0.25, 0.3) is 0 Å². The molecular weight excluding hydrogens is 641 g/mol. The highest BCUT2D eigenvalue weighted by Crippen LogP contribution is 2.42. The van der Waals surface area contributed by atoms with Gasteiger partial charge in [0, 0.05) is 75.2 Å². The Labute approximate surface area is 287 Å². The highest BCUT2D eigenvalue weighted by atomic mass is 19.4. The van der Waals surface area contributed by atoms with Crippen molar-refractivity contribution in [2.45, 2.75) is 116 Å². The van der Waals surface area contributed by atoms with Crippen molar-refractivity contribution < 1.29 is 42.2 Å². The summed E-state index contributed by atoms with van der Waals surface area (Å²) in [5.41, 5.74) is 7.87. The lowest BCUT2D eigenvalue weighted by molar-refractivity contribution is -0.192. The topological polar surface area (TPSA) is 133 Å². The molecule has 0 radical (unpaired) electrons. The van der Waals surface area contributed by atoms with Crippen molar-refractivity contribution in [3.8, 4) is 0 Å². The van der Waals surface area contributed by atoms with Crippen LogP contribution in [-0.2, 0) is 9.53 Å². The zero-order valence-electron chi connectivity index (χ0n) is 29.2. The van der Waals surface area contributed by atoms with Gasteiger partial charge in [0.25, 0.3) is 5.91 Å². The first kappa shape index (κ1) is 38.5. The van der Waals surface area contributed by atoms with Crippen molar-refractivity contribution >= 4 is 23.9 Å². The Hall–Kier alpha value is -3.35. The third-order valence-corrected chi connectivity index (χ3v) is 11.0. The number of rotatable bonds is 8. The number of nitrogens with two attached hydrogens (primary N) is 1. The van der Waals surface area contributed by atoms with Gasteiger partial charge < -0.3 is 25.4 Å². The second kappa shape index (κ2) is 16.6. The number of carboxylic acids is 1.